The largest absolute Gasteiger partial charge is 0.395 e. The van der Waals surface area contributed by atoms with Crippen molar-refractivity contribution in [1.29, 1.82) is 0 Å². The summed E-state index contributed by atoms with van der Waals surface area (Å²) >= 11 is 0. The first-order valence-corrected chi connectivity index (χ1v) is 7.00. The number of rotatable bonds is 4. The van der Waals surface area contributed by atoms with Crippen LogP contribution in [0.15, 0.2) is 18.3 Å². The van der Waals surface area contributed by atoms with Crippen molar-refractivity contribution in [2.24, 2.45) is 5.73 Å². The highest BCUT2D eigenvalue weighted by Gasteiger charge is 2.15. The highest BCUT2D eigenvalue weighted by Crippen LogP contribution is 2.17. The van der Waals surface area contributed by atoms with Crippen molar-refractivity contribution in [2.75, 3.05) is 44.2 Å². The van der Waals surface area contributed by atoms with Gasteiger partial charge < -0.3 is 15.7 Å². The van der Waals surface area contributed by atoms with Gasteiger partial charge in [0.1, 0.15) is 0 Å². The minimum absolute atomic E-state index is 0.0155. The molecule has 0 amide bonds. The lowest BCUT2D eigenvalue weighted by molar-refractivity contribution is 0.204. The Hall–Kier alpha value is -1.17. The van der Waals surface area contributed by atoms with E-state index in [0.29, 0.717) is 0 Å². The zero-order chi connectivity index (χ0) is 13.7. The second-order valence-corrected chi connectivity index (χ2v) is 5.14. The van der Waals surface area contributed by atoms with Crippen LogP contribution in [0, 0.1) is 0 Å². The van der Waals surface area contributed by atoms with Gasteiger partial charge in [0.2, 0.25) is 0 Å². The number of hydrogen-bond acceptors (Lipinski definition) is 5. The van der Waals surface area contributed by atoms with E-state index in [9.17, 15) is 0 Å². The highest BCUT2D eigenvalue weighted by molar-refractivity contribution is 5.45. The molecule has 0 radical (unpaired) electrons. The maximum atomic E-state index is 9.00. The predicted octanol–water partition coefficient (Wildman–Crippen LogP) is 0.606. The number of pyridine rings is 1. The summed E-state index contributed by atoms with van der Waals surface area (Å²) in [5.74, 6) is 0. The van der Waals surface area contributed by atoms with Crippen molar-refractivity contribution in [3.63, 3.8) is 0 Å². The van der Waals surface area contributed by atoms with Gasteiger partial charge in [0.05, 0.1) is 24.2 Å². The van der Waals surface area contributed by atoms with Crippen LogP contribution in [-0.4, -0.2) is 54.3 Å². The molecule has 1 aromatic heterocycles. The van der Waals surface area contributed by atoms with Crippen molar-refractivity contribution >= 4 is 5.69 Å². The summed E-state index contributed by atoms with van der Waals surface area (Å²) in [4.78, 5) is 9.08. The van der Waals surface area contributed by atoms with Gasteiger partial charge in [-0.3, -0.25) is 9.88 Å². The molecule has 19 heavy (non-hydrogen) atoms. The van der Waals surface area contributed by atoms with Gasteiger partial charge in [-0.25, -0.2) is 0 Å². The first-order chi connectivity index (χ1) is 9.20. The van der Waals surface area contributed by atoms with E-state index in [1.807, 2.05) is 19.2 Å². The van der Waals surface area contributed by atoms with E-state index in [1.54, 1.807) is 0 Å². The molecule has 0 saturated carbocycles. The minimum atomic E-state index is -0.0155. The van der Waals surface area contributed by atoms with E-state index >= 15 is 0 Å². The molecule has 5 heteroatoms. The monoisotopic (exact) mass is 264 g/mol. The highest BCUT2D eigenvalue weighted by atomic mass is 16.3. The summed E-state index contributed by atoms with van der Waals surface area (Å²) in [6.07, 6.45) is 3.04. The molecule has 0 bridgehead atoms. The van der Waals surface area contributed by atoms with Crippen molar-refractivity contribution < 1.29 is 5.11 Å². The van der Waals surface area contributed by atoms with Crippen LogP contribution >= 0.6 is 0 Å². The molecule has 2 rings (SSSR count). The molecule has 1 saturated heterocycles. The molecule has 5 nitrogen and oxygen atoms in total. The number of aromatic nitrogens is 1. The van der Waals surface area contributed by atoms with Gasteiger partial charge in [-0.1, -0.05) is 0 Å². The fourth-order valence-electron chi connectivity index (χ4n) is 2.45. The summed E-state index contributed by atoms with van der Waals surface area (Å²) < 4.78 is 0. The Morgan fingerprint density at radius 1 is 1.32 bits per heavy atom. The molecular formula is C14H24N4O. The Morgan fingerprint density at radius 2 is 2.16 bits per heavy atom. The average Bonchev–Trinajstić information content (AvgIpc) is 2.65. The van der Waals surface area contributed by atoms with E-state index in [0.717, 1.165) is 50.5 Å². The third-order valence-corrected chi connectivity index (χ3v) is 3.61. The number of anilines is 1. The number of nitrogens with two attached hydrogens (primary N) is 1. The van der Waals surface area contributed by atoms with Crippen LogP contribution in [0.3, 0.4) is 0 Å². The van der Waals surface area contributed by atoms with Gasteiger partial charge in [0, 0.05) is 32.2 Å². The molecule has 1 aromatic rings. The average molecular weight is 264 g/mol. The number of nitrogens with zero attached hydrogens (tertiary/aromatic N) is 3. The fraction of sp³-hybridized carbons (Fsp3) is 0.643. The number of hydrogen-bond donors (Lipinski definition) is 2. The van der Waals surface area contributed by atoms with E-state index in [4.69, 9.17) is 10.8 Å². The molecule has 1 fully saturated rings. The Balaban J connectivity index is 1.97. The van der Waals surface area contributed by atoms with E-state index < -0.39 is 0 Å². The Bertz CT molecular complexity index is 380. The van der Waals surface area contributed by atoms with Crippen molar-refractivity contribution in [3.8, 4) is 0 Å². The standard InChI is InChI=1S/C14H24N4O/c1-12(15)14-4-3-13(11-16-14)18-6-2-5-17(7-8-18)9-10-19/h3-4,11-12,19H,2,5-10,15H2,1H3/t12-/m1/s1. The van der Waals surface area contributed by atoms with Crippen LogP contribution in [0.5, 0.6) is 0 Å². The second kappa shape index (κ2) is 6.84. The minimum Gasteiger partial charge on any atom is -0.395 e. The molecule has 0 spiro atoms. The molecule has 2 heterocycles. The van der Waals surface area contributed by atoms with Gasteiger partial charge in [-0.05, 0) is 32.0 Å². The van der Waals surface area contributed by atoms with Gasteiger partial charge >= 0.3 is 0 Å². The molecule has 0 unspecified atom stereocenters. The molecule has 1 aliphatic heterocycles. The van der Waals surface area contributed by atoms with E-state index in [1.165, 1.54) is 0 Å². The third kappa shape index (κ3) is 3.89. The molecule has 3 N–H and O–H groups in total. The van der Waals surface area contributed by atoms with Gasteiger partial charge in [-0.2, -0.15) is 0 Å². The summed E-state index contributed by atoms with van der Waals surface area (Å²) in [7, 11) is 0. The van der Waals surface area contributed by atoms with E-state index in [-0.39, 0.29) is 12.6 Å². The summed E-state index contributed by atoms with van der Waals surface area (Å²) in [6, 6.07) is 4.10. The lowest BCUT2D eigenvalue weighted by Crippen LogP contribution is -2.32. The lowest BCUT2D eigenvalue weighted by atomic mass is 10.2. The summed E-state index contributed by atoms with van der Waals surface area (Å²) in [6.45, 7) is 7.04. The first kappa shape index (κ1) is 14.2. The normalized spacial score (nSPS) is 19.2. The Kier molecular flexibility index (Phi) is 5.13. The Morgan fingerprint density at radius 3 is 2.79 bits per heavy atom. The quantitative estimate of drug-likeness (QED) is 0.834. The van der Waals surface area contributed by atoms with Crippen LogP contribution in [0.25, 0.3) is 0 Å². The molecule has 0 aliphatic carbocycles. The molecule has 1 aliphatic rings. The second-order valence-electron chi connectivity index (χ2n) is 5.14. The van der Waals surface area contributed by atoms with Crippen LogP contribution in [-0.2, 0) is 0 Å². The van der Waals surface area contributed by atoms with Gasteiger partial charge in [0.15, 0.2) is 0 Å². The van der Waals surface area contributed by atoms with Gasteiger partial charge in [-0.15, -0.1) is 0 Å². The van der Waals surface area contributed by atoms with E-state index in [2.05, 4.69) is 20.9 Å². The van der Waals surface area contributed by atoms with Crippen molar-refractivity contribution in [3.05, 3.63) is 24.0 Å². The molecular weight excluding hydrogens is 240 g/mol. The first-order valence-electron chi connectivity index (χ1n) is 7.00. The zero-order valence-corrected chi connectivity index (χ0v) is 11.6. The summed E-state index contributed by atoms with van der Waals surface area (Å²) in [5.41, 5.74) is 7.91. The molecule has 1 atom stereocenters. The number of aliphatic hydroxyl groups is 1. The van der Waals surface area contributed by atoms with Crippen LogP contribution in [0.1, 0.15) is 25.1 Å². The smallest absolute Gasteiger partial charge is 0.0569 e. The van der Waals surface area contributed by atoms with Crippen LogP contribution in [0.4, 0.5) is 5.69 Å². The van der Waals surface area contributed by atoms with Gasteiger partial charge in [0.25, 0.3) is 0 Å². The molecule has 0 aromatic carbocycles. The summed E-state index contributed by atoms with van der Waals surface area (Å²) in [5, 5.41) is 9.00. The topological polar surface area (TPSA) is 65.6 Å². The number of β-amino-alcohol motifs (C(OH)–C–C–N with tert-alkyl or cyclic N) is 1. The SMILES string of the molecule is C[C@@H](N)c1ccc(N2CCCN(CCO)CC2)cn1. The maximum absolute atomic E-state index is 9.00. The number of aliphatic hydroxyl groups excluding tert-OH is 1. The third-order valence-electron chi connectivity index (χ3n) is 3.61. The Labute approximate surface area is 115 Å². The lowest BCUT2D eigenvalue weighted by Gasteiger charge is -2.23. The van der Waals surface area contributed by atoms with Crippen molar-refractivity contribution in [1.82, 2.24) is 9.88 Å². The van der Waals surface area contributed by atoms with Crippen LogP contribution < -0.4 is 10.6 Å². The maximum Gasteiger partial charge on any atom is 0.0569 e. The molecule has 106 valence electrons. The zero-order valence-electron chi connectivity index (χ0n) is 11.6. The predicted molar refractivity (Wildman–Crippen MR) is 77.2 cm³/mol. The van der Waals surface area contributed by atoms with Crippen LogP contribution in [0.2, 0.25) is 0 Å². The van der Waals surface area contributed by atoms with Crippen molar-refractivity contribution in [2.45, 2.75) is 19.4 Å². The fourth-order valence-corrected chi connectivity index (χ4v) is 2.45.